The predicted molar refractivity (Wildman–Crippen MR) is 88.1 cm³/mol. The lowest BCUT2D eigenvalue weighted by molar-refractivity contribution is 0.936. The Labute approximate surface area is 132 Å². The SMILES string of the molecule is Cc1ccc(-n2ccc3c(cnc4nc(C)nn43)c2=O)c(C)c1. The number of pyridine rings is 1. The van der Waals surface area contributed by atoms with E-state index in [0.717, 1.165) is 11.3 Å². The first kappa shape index (κ1) is 13.6. The number of aromatic nitrogens is 5. The molecule has 0 atom stereocenters. The van der Waals surface area contributed by atoms with E-state index in [2.05, 4.69) is 21.1 Å². The fourth-order valence-electron chi connectivity index (χ4n) is 2.88. The highest BCUT2D eigenvalue weighted by Gasteiger charge is 2.11. The van der Waals surface area contributed by atoms with Crippen molar-refractivity contribution in [3.63, 3.8) is 0 Å². The largest absolute Gasteiger partial charge is 0.283 e. The Balaban J connectivity index is 2.05. The predicted octanol–water partition coefficient (Wildman–Crippen LogP) is 2.35. The molecular weight excluding hydrogens is 290 g/mol. The lowest BCUT2D eigenvalue weighted by Gasteiger charge is -2.11. The maximum absolute atomic E-state index is 12.9. The van der Waals surface area contributed by atoms with Crippen molar-refractivity contribution in [2.75, 3.05) is 0 Å². The number of nitrogens with zero attached hydrogens (tertiary/aromatic N) is 5. The molecule has 0 N–H and O–H groups in total. The van der Waals surface area contributed by atoms with Gasteiger partial charge in [0.15, 0.2) is 0 Å². The Bertz CT molecular complexity index is 1120. The van der Waals surface area contributed by atoms with E-state index in [0.29, 0.717) is 22.5 Å². The third-order valence-electron chi connectivity index (χ3n) is 3.95. The third kappa shape index (κ3) is 2.03. The van der Waals surface area contributed by atoms with Gasteiger partial charge in [-0.3, -0.25) is 9.36 Å². The molecule has 3 aromatic heterocycles. The second-order valence-electron chi connectivity index (χ2n) is 5.71. The van der Waals surface area contributed by atoms with Crippen molar-refractivity contribution in [3.8, 4) is 5.69 Å². The molecule has 0 aliphatic rings. The monoisotopic (exact) mass is 305 g/mol. The summed E-state index contributed by atoms with van der Waals surface area (Å²) in [5, 5.41) is 4.83. The molecule has 23 heavy (non-hydrogen) atoms. The van der Waals surface area contributed by atoms with Crippen molar-refractivity contribution in [1.29, 1.82) is 0 Å². The van der Waals surface area contributed by atoms with Crippen molar-refractivity contribution in [3.05, 3.63) is 64.0 Å². The summed E-state index contributed by atoms with van der Waals surface area (Å²) in [7, 11) is 0. The van der Waals surface area contributed by atoms with Crippen LogP contribution < -0.4 is 5.56 Å². The molecule has 0 radical (unpaired) electrons. The topological polar surface area (TPSA) is 65.1 Å². The summed E-state index contributed by atoms with van der Waals surface area (Å²) in [6.07, 6.45) is 3.35. The van der Waals surface area contributed by atoms with Gasteiger partial charge in [0, 0.05) is 12.4 Å². The van der Waals surface area contributed by atoms with Crippen LogP contribution in [0.15, 0.2) is 41.5 Å². The Morgan fingerprint density at radius 3 is 2.70 bits per heavy atom. The molecule has 3 heterocycles. The summed E-state index contributed by atoms with van der Waals surface area (Å²) < 4.78 is 3.26. The van der Waals surface area contributed by atoms with Gasteiger partial charge in [0.25, 0.3) is 11.3 Å². The summed E-state index contributed by atoms with van der Waals surface area (Å²) >= 11 is 0. The van der Waals surface area contributed by atoms with Crippen LogP contribution in [0.5, 0.6) is 0 Å². The van der Waals surface area contributed by atoms with Crippen LogP contribution in [0.1, 0.15) is 17.0 Å². The van der Waals surface area contributed by atoms with Crippen LogP contribution >= 0.6 is 0 Å². The molecule has 0 aliphatic heterocycles. The average molecular weight is 305 g/mol. The van der Waals surface area contributed by atoms with Crippen LogP contribution in [-0.4, -0.2) is 24.1 Å². The molecule has 6 heteroatoms. The first-order valence-electron chi connectivity index (χ1n) is 7.36. The number of benzene rings is 1. The van der Waals surface area contributed by atoms with Gasteiger partial charge in [0.05, 0.1) is 16.6 Å². The van der Waals surface area contributed by atoms with E-state index in [9.17, 15) is 4.79 Å². The summed E-state index contributed by atoms with van der Waals surface area (Å²) in [5.74, 6) is 1.13. The van der Waals surface area contributed by atoms with Crippen molar-refractivity contribution in [2.45, 2.75) is 20.8 Å². The number of hydrogen-bond acceptors (Lipinski definition) is 4. The molecule has 0 amide bonds. The summed E-state index contributed by atoms with van der Waals surface area (Å²) in [6, 6.07) is 7.90. The minimum Gasteiger partial charge on any atom is -0.283 e. The first-order valence-corrected chi connectivity index (χ1v) is 7.36. The van der Waals surface area contributed by atoms with E-state index in [1.165, 1.54) is 5.56 Å². The molecule has 0 unspecified atom stereocenters. The number of fused-ring (bicyclic) bond motifs is 3. The zero-order chi connectivity index (χ0) is 16.1. The summed E-state index contributed by atoms with van der Waals surface area (Å²) in [5.41, 5.74) is 3.69. The molecule has 0 fully saturated rings. The van der Waals surface area contributed by atoms with Crippen LogP contribution in [0, 0.1) is 20.8 Å². The van der Waals surface area contributed by atoms with Gasteiger partial charge in [-0.2, -0.15) is 9.50 Å². The van der Waals surface area contributed by atoms with Crippen molar-refractivity contribution >= 4 is 16.7 Å². The number of rotatable bonds is 1. The molecule has 0 saturated heterocycles. The molecule has 0 bridgehead atoms. The Hall–Kier alpha value is -3.02. The normalized spacial score (nSPS) is 11.4. The second kappa shape index (κ2) is 4.74. The summed E-state index contributed by atoms with van der Waals surface area (Å²) in [4.78, 5) is 21.3. The van der Waals surface area contributed by atoms with E-state index in [4.69, 9.17) is 0 Å². The number of hydrogen-bond donors (Lipinski definition) is 0. The minimum absolute atomic E-state index is 0.114. The van der Waals surface area contributed by atoms with Crippen molar-refractivity contribution in [1.82, 2.24) is 24.1 Å². The smallest absolute Gasteiger partial charge is 0.266 e. The molecular formula is C17H15N5O. The van der Waals surface area contributed by atoms with Crippen LogP contribution in [0.25, 0.3) is 22.4 Å². The fraction of sp³-hybridized carbons (Fsp3) is 0.176. The van der Waals surface area contributed by atoms with E-state index in [1.807, 2.05) is 32.0 Å². The van der Waals surface area contributed by atoms with E-state index in [1.54, 1.807) is 28.4 Å². The third-order valence-corrected chi connectivity index (χ3v) is 3.95. The highest BCUT2D eigenvalue weighted by Crippen LogP contribution is 2.16. The molecule has 6 nitrogen and oxygen atoms in total. The Morgan fingerprint density at radius 2 is 1.91 bits per heavy atom. The standard InChI is InChI=1S/C17H15N5O/c1-10-4-5-14(11(2)8-10)21-7-6-15-13(16(21)23)9-18-17-19-12(3)20-22(15)17/h4-9H,1-3H3. The highest BCUT2D eigenvalue weighted by atomic mass is 16.1. The van der Waals surface area contributed by atoms with Gasteiger partial charge in [-0.05, 0) is 38.5 Å². The molecule has 4 aromatic rings. The Morgan fingerprint density at radius 1 is 1.09 bits per heavy atom. The van der Waals surface area contributed by atoms with Gasteiger partial charge >= 0.3 is 0 Å². The van der Waals surface area contributed by atoms with Crippen LogP contribution in [0.3, 0.4) is 0 Å². The zero-order valence-electron chi connectivity index (χ0n) is 13.1. The highest BCUT2D eigenvalue weighted by molar-refractivity contribution is 5.79. The summed E-state index contributed by atoms with van der Waals surface area (Å²) in [6.45, 7) is 5.84. The van der Waals surface area contributed by atoms with Crippen LogP contribution in [0.4, 0.5) is 0 Å². The molecule has 0 spiro atoms. The first-order chi connectivity index (χ1) is 11.0. The van der Waals surface area contributed by atoms with Gasteiger partial charge in [-0.15, -0.1) is 5.10 Å². The lowest BCUT2D eigenvalue weighted by atomic mass is 10.1. The molecule has 0 aliphatic carbocycles. The van der Waals surface area contributed by atoms with Crippen LogP contribution in [-0.2, 0) is 0 Å². The van der Waals surface area contributed by atoms with Gasteiger partial charge in [0.1, 0.15) is 5.82 Å². The van der Waals surface area contributed by atoms with E-state index in [-0.39, 0.29) is 5.56 Å². The number of aryl methyl sites for hydroxylation is 3. The minimum atomic E-state index is -0.114. The van der Waals surface area contributed by atoms with Gasteiger partial charge < -0.3 is 0 Å². The van der Waals surface area contributed by atoms with E-state index >= 15 is 0 Å². The lowest BCUT2D eigenvalue weighted by Crippen LogP contribution is -2.19. The fourth-order valence-corrected chi connectivity index (χ4v) is 2.88. The molecule has 114 valence electrons. The maximum Gasteiger partial charge on any atom is 0.266 e. The second-order valence-corrected chi connectivity index (χ2v) is 5.71. The molecule has 0 saturated carbocycles. The maximum atomic E-state index is 12.9. The molecule has 1 aromatic carbocycles. The Kier molecular flexibility index (Phi) is 2.81. The zero-order valence-corrected chi connectivity index (χ0v) is 13.1. The van der Waals surface area contributed by atoms with Gasteiger partial charge in [-0.1, -0.05) is 17.7 Å². The van der Waals surface area contributed by atoms with E-state index < -0.39 is 0 Å². The van der Waals surface area contributed by atoms with Crippen molar-refractivity contribution < 1.29 is 0 Å². The quantitative estimate of drug-likeness (QED) is 0.541. The average Bonchev–Trinajstić information content (AvgIpc) is 2.89. The molecule has 4 rings (SSSR count). The van der Waals surface area contributed by atoms with Crippen molar-refractivity contribution in [2.24, 2.45) is 0 Å². The van der Waals surface area contributed by atoms with Gasteiger partial charge in [0.2, 0.25) is 0 Å². The van der Waals surface area contributed by atoms with Gasteiger partial charge in [-0.25, -0.2) is 4.98 Å². The van der Waals surface area contributed by atoms with Crippen LogP contribution in [0.2, 0.25) is 0 Å².